The van der Waals surface area contributed by atoms with E-state index in [2.05, 4.69) is 41.3 Å². The topological polar surface area (TPSA) is 36.3 Å². The number of rotatable bonds is 2. The van der Waals surface area contributed by atoms with E-state index in [-0.39, 0.29) is 12.4 Å². The Hall–Kier alpha value is -2.02. The average molecular weight is 327 g/mol. The van der Waals surface area contributed by atoms with Crippen LogP contribution in [0.25, 0.3) is 0 Å². The Labute approximate surface area is 142 Å². The van der Waals surface area contributed by atoms with E-state index in [4.69, 9.17) is 10.00 Å². The van der Waals surface area contributed by atoms with Crippen molar-refractivity contribution in [3.8, 4) is 11.8 Å². The van der Waals surface area contributed by atoms with E-state index in [1.807, 2.05) is 18.2 Å². The first-order chi connectivity index (χ1) is 10.8. The van der Waals surface area contributed by atoms with Gasteiger partial charge in [0.2, 0.25) is 0 Å². The van der Waals surface area contributed by atoms with Gasteiger partial charge in [0, 0.05) is 37.0 Å². The van der Waals surface area contributed by atoms with E-state index in [0.29, 0.717) is 11.8 Å². The molecule has 2 aliphatic heterocycles. The summed E-state index contributed by atoms with van der Waals surface area (Å²) in [6.45, 7) is 3.89. The van der Waals surface area contributed by atoms with Gasteiger partial charge >= 0.3 is 0 Å². The molecule has 2 atom stereocenters. The zero-order chi connectivity index (χ0) is 14.9. The van der Waals surface area contributed by atoms with Crippen molar-refractivity contribution in [3.05, 3.63) is 65.2 Å². The van der Waals surface area contributed by atoms with E-state index in [1.54, 1.807) is 0 Å². The van der Waals surface area contributed by atoms with Crippen molar-refractivity contribution in [3.63, 3.8) is 0 Å². The predicted molar refractivity (Wildman–Crippen MR) is 91.9 cm³/mol. The van der Waals surface area contributed by atoms with Crippen LogP contribution in [0.2, 0.25) is 0 Å². The van der Waals surface area contributed by atoms with E-state index in [9.17, 15) is 0 Å². The van der Waals surface area contributed by atoms with Gasteiger partial charge in [-0.15, -0.1) is 12.4 Å². The summed E-state index contributed by atoms with van der Waals surface area (Å²) in [4.78, 5) is 2.50. The molecule has 0 bridgehead atoms. The average Bonchev–Trinajstić information content (AvgIpc) is 2.98. The number of benzene rings is 2. The summed E-state index contributed by atoms with van der Waals surface area (Å²) in [5.41, 5.74) is 3.29. The molecule has 2 aromatic rings. The minimum Gasteiger partial charge on any atom is -0.493 e. The van der Waals surface area contributed by atoms with Gasteiger partial charge in [-0.2, -0.15) is 5.26 Å². The second-order valence-electron chi connectivity index (χ2n) is 6.22. The molecular formula is C19H19ClN2O. The fourth-order valence-corrected chi connectivity index (χ4v) is 3.69. The molecule has 3 nitrogen and oxygen atoms in total. The Bertz CT molecular complexity index is 726. The van der Waals surface area contributed by atoms with E-state index in [0.717, 1.165) is 37.6 Å². The molecule has 0 spiro atoms. The highest BCUT2D eigenvalue weighted by atomic mass is 35.5. The highest BCUT2D eigenvalue weighted by molar-refractivity contribution is 5.85. The van der Waals surface area contributed by atoms with Gasteiger partial charge in [0.05, 0.1) is 18.2 Å². The summed E-state index contributed by atoms with van der Waals surface area (Å²) < 4.78 is 5.90. The smallest absolute Gasteiger partial charge is 0.122 e. The Balaban J connectivity index is 0.00000156. The van der Waals surface area contributed by atoms with Crippen molar-refractivity contribution in [1.82, 2.24) is 4.90 Å². The summed E-state index contributed by atoms with van der Waals surface area (Å²) >= 11 is 0. The second-order valence-corrected chi connectivity index (χ2v) is 6.22. The van der Waals surface area contributed by atoms with Crippen LogP contribution in [0, 0.1) is 17.2 Å². The van der Waals surface area contributed by atoms with Gasteiger partial charge in [-0.3, -0.25) is 4.90 Å². The molecule has 0 saturated carbocycles. The van der Waals surface area contributed by atoms with Crippen LogP contribution in [-0.2, 0) is 6.54 Å². The Morgan fingerprint density at radius 3 is 2.74 bits per heavy atom. The number of halogens is 1. The summed E-state index contributed by atoms with van der Waals surface area (Å²) in [7, 11) is 0. The summed E-state index contributed by atoms with van der Waals surface area (Å²) in [5, 5.41) is 9.13. The van der Waals surface area contributed by atoms with Crippen LogP contribution in [-0.4, -0.2) is 24.6 Å². The maximum atomic E-state index is 9.13. The number of hydrogen-bond donors (Lipinski definition) is 0. The van der Waals surface area contributed by atoms with Gasteiger partial charge < -0.3 is 4.74 Å². The third-order valence-corrected chi connectivity index (χ3v) is 4.76. The maximum absolute atomic E-state index is 9.13. The molecule has 0 amide bonds. The third-order valence-electron chi connectivity index (χ3n) is 4.76. The van der Waals surface area contributed by atoms with Crippen molar-refractivity contribution in [1.29, 1.82) is 5.26 Å². The largest absolute Gasteiger partial charge is 0.493 e. The minimum absolute atomic E-state index is 0. The minimum atomic E-state index is 0. The Morgan fingerprint density at radius 1 is 1.13 bits per heavy atom. The van der Waals surface area contributed by atoms with Crippen LogP contribution in [0.5, 0.6) is 5.75 Å². The highest BCUT2D eigenvalue weighted by Gasteiger charge is 2.38. The second kappa shape index (κ2) is 6.62. The zero-order valence-electron chi connectivity index (χ0n) is 12.8. The standard InChI is InChI=1S/C19H18N2O.ClH/c20-9-15-6-7-19-17(8-15)18-12-21(11-16(18)13-22-19)10-14-4-2-1-3-5-14;/h1-8,16,18H,10-13H2;1H/t16-,18+;/m0./s1. The van der Waals surface area contributed by atoms with Gasteiger partial charge in [-0.25, -0.2) is 0 Å². The highest BCUT2D eigenvalue weighted by Crippen LogP contribution is 2.42. The first-order valence-corrected chi connectivity index (χ1v) is 7.76. The van der Waals surface area contributed by atoms with Crippen LogP contribution >= 0.6 is 12.4 Å². The van der Waals surface area contributed by atoms with Crippen LogP contribution in [0.1, 0.15) is 22.6 Å². The molecule has 4 rings (SSSR count). The summed E-state index contributed by atoms with van der Waals surface area (Å²) in [6.07, 6.45) is 0. The number of likely N-dealkylation sites (tertiary alicyclic amines) is 1. The van der Waals surface area contributed by atoms with E-state index < -0.39 is 0 Å². The molecule has 1 fully saturated rings. The quantitative estimate of drug-likeness (QED) is 0.846. The molecular weight excluding hydrogens is 308 g/mol. The van der Waals surface area contributed by atoms with Crippen LogP contribution in [0.3, 0.4) is 0 Å². The molecule has 4 heteroatoms. The lowest BCUT2D eigenvalue weighted by Crippen LogP contribution is -2.25. The molecule has 0 unspecified atom stereocenters. The fraction of sp³-hybridized carbons (Fsp3) is 0.316. The Kier molecular flexibility index (Phi) is 4.56. The Morgan fingerprint density at radius 2 is 1.96 bits per heavy atom. The monoisotopic (exact) mass is 326 g/mol. The lowest BCUT2D eigenvalue weighted by molar-refractivity contribution is 0.212. The van der Waals surface area contributed by atoms with Crippen molar-refractivity contribution in [2.75, 3.05) is 19.7 Å². The number of hydrogen-bond acceptors (Lipinski definition) is 3. The maximum Gasteiger partial charge on any atom is 0.122 e. The van der Waals surface area contributed by atoms with Gasteiger partial charge in [0.25, 0.3) is 0 Å². The molecule has 118 valence electrons. The molecule has 1 saturated heterocycles. The van der Waals surface area contributed by atoms with Crippen molar-refractivity contribution in [2.24, 2.45) is 5.92 Å². The van der Waals surface area contributed by atoms with E-state index in [1.165, 1.54) is 11.1 Å². The van der Waals surface area contributed by atoms with Crippen molar-refractivity contribution >= 4 is 12.4 Å². The SMILES string of the molecule is Cl.N#Cc1ccc2c(c1)[C@@H]1CN(Cc3ccccc3)C[C@H]1CO2. The summed E-state index contributed by atoms with van der Waals surface area (Å²) in [6, 6.07) is 18.6. The normalized spacial score (nSPS) is 22.2. The van der Waals surface area contributed by atoms with Crippen molar-refractivity contribution in [2.45, 2.75) is 12.5 Å². The zero-order valence-corrected chi connectivity index (χ0v) is 13.6. The molecule has 2 heterocycles. The fourth-order valence-electron chi connectivity index (χ4n) is 3.69. The molecule has 2 aromatic carbocycles. The molecule has 0 N–H and O–H groups in total. The van der Waals surface area contributed by atoms with Crippen LogP contribution in [0.15, 0.2) is 48.5 Å². The number of fused-ring (bicyclic) bond motifs is 3. The van der Waals surface area contributed by atoms with Gasteiger partial charge in [0.15, 0.2) is 0 Å². The molecule has 0 aromatic heterocycles. The van der Waals surface area contributed by atoms with Gasteiger partial charge in [-0.05, 0) is 23.8 Å². The van der Waals surface area contributed by atoms with Crippen LogP contribution < -0.4 is 4.74 Å². The molecule has 2 aliphatic rings. The summed E-state index contributed by atoms with van der Waals surface area (Å²) in [5.74, 6) is 1.98. The third kappa shape index (κ3) is 3.06. The number of nitrogens with zero attached hydrogens (tertiary/aromatic N) is 2. The van der Waals surface area contributed by atoms with Crippen molar-refractivity contribution < 1.29 is 4.74 Å². The predicted octanol–water partition coefficient (Wildman–Crippen LogP) is 3.59. The van der Waals surface area contributed by atoms with Gasteiger partial charge in [-0.1, -0.05) is 30.3 Å². The molecule has 0 aliphatic carbocycles. The van der Waals surface area contributed by atoms with Gasteiger partial charge in [0.1, 0.15) is 5.75 Å². The molecule has 0 radical (unpaired) electrons. The number of nitriles is 1. The first kappa shape index (κ1) is 15.9. The number of ether oxygens (including phenoxy) is 1. The molecule has 23 heavy (non-hydrogen) atoms. The lowest BCUT2D eigenvalue weighted by Gasteiger charge is -2.27. The first-order valence-electron chi connectivity index (χ1n) is 7.76. The van der Waals surface area contributed by atoms with Crippen LogP contribution in [0.4, 0.5) is 0 Å². The van der Waals surface area contributed by atoms with E-state index >= 15 is 0 Å². The lowest BCUT2D eigenvalue weighted by atomic mass is 9.86.